The van der Waals surface area contributed by atoms with Crippen LogP contribution in [0.1, 0.15) is 72.2 Å². The highest BCUT2D eigenvalue weighted by molar-refractivity contribution is 5.82. The highest BCUT2D eigenvalue weighted by atomic mass is 19.4. The number of aliphatic carboxylic acids is 1. The Morgan fingerprint density at radius 2 is 1.71 bits per heavy atom. The van der Waals surface area contributed by atoms with Crippen LogP contribution in [0.5, 0.6) is 0 Å². The molecule has 2 atom stereocenters. The zero-order valence-electron chi connectivity index (χ0n) is 27.3. The number of rotatable bonds is 11. The van der Waals surface area contributed by atoms with E-state index in [1.165, 1.54) is 24.3 Å². The van der Waals surface area contributed by atoms with E-state index >= 15 is 4.39 Å². The van der Waals surface area contributed by atoms with E-state index in [4.69, 9.17) is 6.42 Å². The molecule has 0 aliphatic carbocycles. The molecular formula is C36H38F5N3O4. The Morgan fingerprint density at radius 3 is 2.23 bits per heavy atom. The van der Waals surface area contributed by atoms with E-state index in [0.29, 0.717) is 41.4 Å². The Kier molecular flexibility index (Phi) is 10.8. The molecule has 2 aromatic carbocycles. The molecule has 2 N–H and O–H groups in total. The van der Waals surface area contributed by atoms with Gasteiger partial charge in [-0.25, -0.2) is 8.78 Å². The highest BCUT2D eigenvalue weighted by Gasteiger charge is 2.37. The number of alkyl halides is 3. The minimum Gasteiger partial charge on any atom is -0.481 e. The quantitative estimate of drug-likeness (QED) is 0.181. The minimum absolute atomic E-state index is 0.00853. The SMILES string of the molecule is C#Cc1cc(-c2c(C)cc(F)cc2C)cc([C@H](CC(=O)O)NC(=O)[C@@H](CC(C)C)n2cc(CC3CN(C)C3)c(C(F)(F)F)cc2=O)c1F. The molecule has 1 fully saturated rings. The van der Waals surface area contributed by atoms with Crippen molar-refractivity contribution >= 4 is 11.9 Å². The molecule has 7 nitrogen and oxygen atoms in total. The number of carbonyl (C=O) groups is 2. The van der Waals surface area contributed by atoms with Gasteiger partial charge in [0.15, 0.2) is 0 Å². The lowest BCUT2D eigenvalue weighted by molar-refractivity contribution is -0.139. The number of benzene rings is 2. The number of nitrogens with zero attached hydrogens (tertiary/aromatic N) is 2. The number of amides is 1. The largest absolute Gasteiger partial charge is 0.481 e. The maximum atomic E-state index is 15.9. The average molecular weight is 672 g/mol. The zero-order valence-corrected chi connectivity index (χ0v) is 27.3. The van der Waals surface area contributed by atoms with Crippen LogP contribution in [0.2, 0.25) is 0 Å². The molecule has 1 amide bonds. The lowest BCUT2D eigenvalue weighted by Gasteiger charge is -2.37. The fourth-order valence-corrected chi connectivity index (χ4v) is 6.52. The Hall–Kier alpha value is -4.50. The van der Waals surface area contributed by atoms with E-state index in [1.54, 1.807) is 27.7 Å². The molecule has 0 spiro atoms. The van der Waals surface area contributed by atoms with Gasteiger partial charge in [0.05, 0.1) is 23.6 Å². The summed E-state index contributed by atoms with van der Waals surface area (Å²) in [6, 6.07) is 2.93. The van der Waals surface area contributed by atoms with Gasteiger partial charge >= 0.3 is 12.1 Å². The van der Waals surface area contributed by atoms with E-state index < -0.39 is 59.3 Å². The molecule has 48 heavy (non-hydrogen) atoms. The van der Waals surface area contributed by atoms with Crippen molar-refractivity contribution in [3.63, 3.8) is 0 Å². The second-order valence-corrected chi connectivity index (χ2v) is 13.0. The number of hydrogen-bond acceptors (Lipinski definition) is 4. The number of carboxylic acids is 1. The van der Waals surface area contributed by atoms with Gasteiger partial charge in [0, 0.05) is 30.9 Å². The number of halogens is 5. The minimum atomic E-state index is -4.80. The van der Waals surface area contributed by atoms with Crippen molar-refractivity contribution in [3.8, 4) is 23.5 Å². The van der Waals surface area contributed by atoms with E-state index in [1.807, 2.05) is 11.9 Å². The van der Waals surface area contributed by atoms with Crippen LogP contribution in [0.4, 0.5) is 22.0 Å². The second kappa shape index (κ2) is 14.3. The number of aromatic nitrogens is 1. The van der Waals surface area contributed by atoms with Crippen molar-refractivity contribution in [2.24, 2.45) is 11.8 Å². The molecule has 4 rings (SSSR count). The van der Waals surface area contributed by atoms with Crippen molar-refractivity contribution in [1.29, 1.82) is 0 Å². The molecule has 1 saturated heterocycles. The summed E-state index contributed by atoms with van der Waals surface area (Å²) in [5, 5.41) is 12.3. The first kappa shape index (κ1) is 36.3. The fourth-order valence-electron chi connectivity index (χ4n) is 6.52. The summed E-state index contributed by atoms with van der Waals surface area (Å²) in [6.07, 6.45) is 1.13. The Morgan fingerprint density at radius 1 is 1.08 bits per heavy atom. The summed E-state index contributed by atoms with van der Waals surface area (Å²) < 4.78 is 73.0. The summed E-state index contributed by atoms with van der Waals surface area (Å²) in [4.78, 5) is 41.2. The molecule has 1 aliphatic heterocycles. The third kappa shape index (κ3) is 8.13. The Bertz CT molecular complexity index is 1800. The lowest BCUT2D eigenvalue weighted by atomic mass is 9.90. The van der Waals surface area contributed by atoms with Gasteiger partial charge in [-0.2, -0.15) is 13.2 Å². The molecule has 2 heterocycles. The van der Waals surface area contributed by atoms with E-state index in [9.17, 15) is 37.1 Å². The Labute approximate surface area is 275 Å². The normalized spacial score (nSPS) is 15.1. The van der Waals surface area contributed by atoms with Gasteiger partial charge in [0.2, 0.25) is 5.91 Å². The highest BCUT2D eigenvalue weighted by Crippen LogP contribution is 2.36. The predicted octanol–water partition coefficient (Wildman–Crippen LogP) is 6.43. The van der Waals surface area contributed by atoms with Gasteiger partial charge in [0.25, 0.3) is 5.56 Å². The van der Waals surface area contributed by atoms with Crippen LogP contribution in [0.25, 0.3) is 11.1 Å². The summed E-state index contributed by atoms with van der Waals surface area (Å²) in [5.41, 5.74) is -0.820. The number of carboxylic acid groups (broad SMARTS) is 1. The fraction of sp³-hybridized carbons (Fsp3) is 0.417. The number of likely N-dealkylation sites (tertiary alicyclic amines) is 1. The van der Waals surface area contributed by atoms with Crippen LogP contribution in [-0.4, -0.2) is 46.6 Å². The van der Waals surface area contributed by atoms with Crippen LogP contribution in [-0.2, 0) is 22.2 Å². The average Bonchev–Trinajstić information content (AvgIpc) is 2.94. The van der Waals surface area contributed by atoms with Gasteiger partial charge in [-0.15, -0.1) is 6.42 Å². The molecule has 12 heteroatoms. The van der Waals surface area contributed by atoms with Crippen LogP contribution >= 0.6 is 0 Å². The van der Waals surface area contributed by atoms with Crippen LogP contribution in [0, 0.1) is 49.7 Å². The third-order valence-electron chi connectivity index (χ3n) is 8.56. The third-order valence-corrected chi connectivity index (χ3v) is 8.56. The molecule has 0 unspecified atom stereocenters. The molecule has 256 valence electrons. The van der Waals surface area contributed by atoms with Crippen LogP contribution in [0.3, 0.4) is 0 Å². The lowest BCUT2D eigenvalue weighted by Crippen LogP contribution is -2.45. The molecule has 0 bridgehead atoms. The number of pyridine rings is 1. The standard InChI is InChI=1S/C36H38F5N3O4/c1-7-23-12-24(33-20(4)9-26(37)10-21(33)5)13-27(34(23)38)29(15-32(46)47)42-35(48)30(8-19(2)3)44-18-25(11-22-16-43(6)17-22)28(14-31(44)45)36(39,40)41/h1,9-10,12-14,18-19,22,29-30H,8,11,15-17H2,2-6H3,(H,42,48)(H,46,47)/t29-,30+/m0/s1. The summed E-state index contributed by atoms with van der Waals surface area (Å²) in [5.74, 6) is -1.77. The van der Waals surface area contributed by atoms with E-state index in [2.05, 4.69) is 11.2 Å². The second-order valence-electron chi connectivity index (χ2n) is 13.0. The monoisotopic (exact) mass is 671 g/mol. The number of hydrogen-bond donors (Lipinski definition) is 2. The topological polar surface area (TPSA) is 91.6 Å². The summed E-state index contributed by atoms with van der Waals surface area (Å²) >= 11 is 0. The maximum Gasteiger partial charge on any atom is 0.416 e. The molecular weight excluding hydrogens is 633 g/mol. The molecule has 1 aromatic heterocycles. The summed E-state index contributed by atoms with van der Waals surface area (Å²) in [7, 11) is 1.84. The van der Waals surface area contributed by atoms with Gasteiger partial charge in [0.1, 0.15) is 17.7 Å². The number of terminal acetylenes is 1. The first-order valence-corrected chi connectivity index (χ1v) is 15.5. The number of aryl methyl sites for hydroxylation is 2. The van der Waals surface area contributed by atoms with Gasteiger partial charge < -0.3 is 19.9 Å². The van der Waals surface area contributed by atoms with E-state index in [0.717, 1.165) is 10.8 Å². The molecule has 0 radical (unpaired) electrons. The van der Waals surface area contributed by atoms with Crippen molar-refractivity contribution in [2.45, 2.75) is 65.2 Å². The number of carbonyl (C=O) groups excluding carboxylic acids is 1. The van der Waals surface area contributed by atoms with Crippen molar-refractivity contribution in [1.82, 2.24) is 14.8 Å². The Balaban J connectivity index is 1.81. The van der Waals surface area contributed by atoms with Crippen molar-refractivity contribution in [3.05, 3.63) is 91.9 Å². The molecule has 0 saturated carbocycles. The van der Waals surface area contributed by atoms with Crippen LogP contribution in [0.15, 0.2) is 41.3 Å². The van der Waals surface area contributed by atoms with Gasteiger partial charge in [-0.05, 0) is 97.7 Å². The number of nitrogens with one attached hydrogen (secondary N) is 1. The molecule has 1 aliphatic rings. The first-order chi connectivity index (χ1) is 22.4. The van der Waals surface area contributed by atoms with Crippen molar-refractivity contribution < 1.29 is 36.6 Å². The van der Waals surface area contributed by atoms with E-state index in [-0.39, 0.29) is 41.4 Å². The van der Waals surface area contributed by atoms with Crippen LogP contribution < -0.4 is 10.9 Å². The maximum absolute atomic E-state index is 15.9. The zero-order chi connectivity index (χ0) is 35.7. The molecule has 3 aromatic rings. The summed E-state index contributed by atoms with van der Waals surface area (Å²) in [6.45, 7) is 7.96. The van der Waals surface area contributed by atoms with Crippen molar-refractivity contribution in [2.75, 3.05) is 20.1 Å². The predicted molar refractivity (Wildman–Crippen MR) is 171 cm³/mol. The van der Waals surface area contributed by atoms with Gasteiger partial charge in [-0.1, -0.05) is 19.8 Å². The first-order valence-electron chi connectivity index (χ1n) is 15.5. The van der Waals surface area contributed by atoms with Gasteiger partial charge in [-0.3, -0.25) is 14.4 Å². The smallest absolute Gasteiger partial charge is 0.416 e.